The van der Waals surface area contributed by atoms with Crippen LogP contribution in [0.25, 0.3) is 0 Å². The zero-order valence-corrected chi connectivity index (χ0v) is 10.4. The molecule has 1 fully saturated rings. The maximum atomic E-state index is 11.5. The van der Waals surface area contributed by atoms with Crippen molar-refractivity contribution in [1.29, 1.82) is 0 Å². The molecule has 5 heteroatoms. The van der Waals surface area contributed by atoms with Gasteiger partial charge in [-0.25, -0.2) is 4.79 Å². The number of ether oxygens (including phenoxy) is 1. The molecule has 5 nitrogen and oxygen atoms in total. The zero-order valence-electron chi connectivity index (χ0n) is 10.4. The molecule has 2 amide bonds. The van der Waals surface area contributed by atoms with Gasteiger partial charge in [-0.1, -0.05) is 0 Å². The van der Waals surface area contributed by atoms with E-state index < -0.39 is 11.7 Å². The van der Waals surface area contributed by atoms with Crippen LogP contribution in [-0.4, -0.2) is 42.1 Å². The largest absolute Gasteiger partial charge is 0.444 e. The van der Waals surface area contributed by atoms with Crippen LogP contribution >= 0.6 is 0 Å². The van der Waals surface area contributed by atoms with E-state index in [1.165, 1.54) is 0 Å². The van der Waals surface area contributed by atoms with E-state index in [4.69, 9.17) is 4.74 Å². The van der Waals surface area contributed by atoms with Gasteiger partial charge in [0, 0.05) is 26.1 Å². The number of nitrogens with zero attached hydrogens (tertiary/aromatic N) is 1. The molecular weight excluding hydrogens is 208 g/mol. The molecule has 16 heavy (non-hydrogen) atoms. The van der Waals surface area contributed by atoms with Gasteiger partial charge in [0.2, 0.25) is 5.91 Å². The Balaban J connectivity index is 2.38. The third-order valence-corrected chi connectivity index (χ3v) is 2.38. The molecule has 1 N–H and O–H groups in total. The van der Waals surface area contributed by atoms with Gasteiger partial charge in [0.1, 0.15) is 5.60 Å². The number of nitrogens with one attached hydrogen (secondary N) is 1. The average Bonchev–Trinajstić information content (AvgIpc) is 2.08. The first-order valence-corrected chi connectivity index (χ1v) is 5.51. The third kappa shape index (κ3) is 4.08. The SMILES string of the molecule is CN1CCC(NC(=O)OC(C)(C)C)CC1=O. The molecule has 0 spiro atoms. The number of hydrogen-bond donors (Lipinski definition) is 1. The van der Waals surface area contributed by atoms with Crippen molar-refractivity contribution in [3.8, 4) is 0 Å². The van der Waals surface area contributed by atoms with Crippen molar-refractivity contribution in [3.05, 3.63) is 0 Å². The van der Waals surface area contributed by atoms with Crippen LogP contribution in [0.15, 0.2) is 0 Å². The quantitative estimate of drug-likeness (QED) is 0.732. The van der Waals surface area contributed by atoms with E-state index in [0.717, 1.165) is 6.42 Å². The van der Waals surface area contributed by atoms with E-state index in [2.05, 4.69) is 5.32 Å². The molecule has 0 radical (unpaired) electrons. The Hall–Kier alpha value is -1.26. The lowest BCUT2D eigenvalue weighted by Gasteiger charge is -2.30. The molecular formula is C11H20N2O3. The van der Waals surface area contributed by atoms with Crippen LogP contribution in [0.2, 0.25) is 0 Å². The highest BCUT2D eigenvalue weighted by Gasteiger charge is 2.26. The first kappa shape index (κ1) is 12.8. The van der Waals surface area contributed by atoms with Crippen LogP contribution in [0.3, 0.4) is 0 Å². The summed E-state index contributed by atoms with van der Waals surface area (Å²) >= 11 is 0. The fourth-order valence-electron chi connectivity index (χ4n) is 1.54. The second-order valence-electron chi connectivity index (χ2n) is 5.15. The van der Waals surface area contributed by atoms with Gasteiger partial charge in [0.15, 0.2) is 0 Å². The Morgan fingerprint density at radius 3 is 2.62 bits per heavy atom. The fourth-order valence-corrected chi connectivity index (χ4v) is 1.54. The maximum absolute atomic E-state index is 11.5. The summed E-state index contributed by atoms with van der Waals surface area (Å²) in [6.45, 7) is 6.12. The van der Waals surface area contributed by atoms with Gasteiger partial charge >= 0.3 is 6.09 Å². The second kappa shape index (κ2) is 4.72. The van der Waals surface area contributed by atoms with Crippen LogP contribution in [0, 0.1) is 0 Å². The van der Waals surface area contributed by atoms with Crippen molar-refractivity contribution in [2.24, 2.45) is 0 Å². The Morgan fingerprint density at radius 2 is 2.12 bits per heavy atom. The topological polar surface area (TPSA) is 58.6 Å². The molecule has 1 rings (SSSR count). The number of rotatable bonds is 1. The Bertz CT molecular complexity index is 283. The van der Waals surface area contributed by atoms with Crippen molar-refractivity contribution in [1.82, 2.24) is 10.2 Å². The summed E-state index contributed by atoms with van der Waals surface area (Å²) in [7, 11) is 1.77. The molecule has 0 aromatic heterocycles. The van der Waals surface area contributed by atoms with Crippen molar-refractivity contribution in [2.45, 2.75) is 45.3 Å². The van der Waals surface area contributed by atoms with Crippen LogP contribution < -0.4 is 5.32 Å². The van der Waals surface area contributed by atoms with Gasteiger partial charge in [-0.15, -0.1) is 0 Å². The van der Waals surface area contributed by atoms with Crippen molar-refractivity contribution in [2.75, 3.05) is 13.6 Å². The number of carbonyl (C=O) groups is 2. The minimum absolute atomic E-state index is 0.0623. The Kier molecular flexibility index (Phi) is 3.78. The number of likely N-dealkylation sites (tertiary alicyclic amines) is 1. The molecule has 0 aliphatic carbocycles. The minimum Gasteiger partial charge on any atom is -0.444 e. The lowest BCUT2D eigenvalue weighted by molar-refractivity contribution is -0.132. The van der Waals surface area contributed by atoms with E-state index >= 15 is 0 Å². The van der Waals surface area contributed by atoms with Crippen molar-refractivity contribution >= 4 is 12.0 Å². The average molecular weight is 228 g/mol. The van der Waals surface area contributed by atoms with E-state index in [1.807, 2.05) is 20.8 Å². The number of alkyl carbamates (subject to hydrolysis) is 1. The van der Waals surface area contributed by atoms with Gasteiger partial charge < -0.3 is 15.0 Å². The monoisotopic (exact) mass is 228 g/mol. The summed E-state index contributed by atoms with van der Waals surface area (Å²) in [5, 5.41) is 2.72. The molecule has 1 atom stereocenters. The standard InChI is InChI=1S/C11H20N2O3/c1-11(2,3)16-10(15)12-8-5-6-13(4)9(14)7-8/h8H,5-7H2,1-4H3,(H,12,15). The number of hydrogen-bond acceptors (Lipinski definition) is 3. The van der Waals surface area contributed by atoms with Gasteiger partial charge in [-0.3, -0.25) is 4.79 Å². The molecule has 0 saturated carbocycles. The van der Waals surface area contributed by atoms with Gasteiger partial charge in [0.05, 0.1) is 0 Å². The van der Waals surface area contributed by atoms with Crippen LogP contribution in [0.4, 0.5) is 4.79 Å². The number of carbonyl (C=O) groups excluding carboxylic acids is 2. The molecule has 92 valence electrons. The van der Waals surface area contributed by atoms with E-state index in [9.17, 15) is 9.59 Å². The Morgan fingerprint density at radius 1 is 1.50 bits per heavy atom. The summed E-state index contributed by atoms with van der Waals surface area (Å²) in [5.74, 6) is 0.0623. The summed E-state index contributed by atoms with van der Waals surface area (Å²) in [4.78, 5) is 24.5. The molecule has 0 aromatic rings. The molecule has 1 aliphatic rings. The van der Waals surface area contributed by atoms with Crippen molar-refractivity contribution < 1.29 is 14.3 Å². The van der Waals surface area contributed by atoms with Gasteiger partial charge in [-0.2, -0.15) is 0 Å². The fraction of sp³-hybridized carbons (Fsp3) is 0.818. The highest BCUT2D eigenvalue weighted by molar-refractivity contribution is 5.78. The molecule has 1 unspecified atom stereocenters. The van der Waals surface area contributed by atoms with Crippen molar-refractivity contribution in [3.63, 3.8) is 0 Å². The lowest BCUT2D eigenvalue weighted by atomic mass is 10.1. The summed E-state index contributed by atoms with van der Waals surface area (Å²) in [6.07, 6.45) is 0.687. The summed E-state index contributed by atoms with van der Waals surface area (Å²) < 4.78 is 5.13. The summed E-state index contributed by atoms with van der Waals surface area (Å²) in [5.41, 5.74) is -0.500. The van der Waals surface area contributed by atoms with Crippen LogP contribution in [0.5, 0.6) is 0 Å². The second-order valence-corrected chi connectivity index (χ2v) is 5.15. The zero-order chi connectivity index (χ0) is 12.3. The van der Waals surface area contributed by atoms with Gasteiger partial charge in [0.25, 0.3) is 0 Å². The predicted octanol–water partition coefficient (Wildman–Crippen LogP) is 1.13. The molecule has 0 aromatic carbocycles. The van der Waals surface area contributed by atoms with E-state index in [-0.39, 0.29) is 11.9 Å². The summed E-state index contributed by atoms with van der Waals surface area (Å²) in [6, 6.07) is -0.0986. The van der Waals surface area contributed by atoms with Crippen LogP contribution in [0.1, 0.15) is 33.6 Å². The third-order valence-electron chi connectivity index (χ3n) is 2.38. The Labute approximate surface area is 96.1 Å². The van der Waals surface area contributed by atoms with Gasteiger partial charge in [-0.05, 0) is 27.2 Å². The minimum atomic E-state index is -0.500. The molecule has 0 bridgehead atoms. The first-order chi connectivity index (χ1) is 7.28. The smallest absolute Gasteiger partial charge is 0.407 e. The lowest BCUT2D eigenvalue weighted by Crippen LogP contribution is -2.47. The van der Waals surface area contributed by atoms with E-state index in [1.54, 1.807) is 11.9 Å². The number of amides is 2. The highest BCUT2D eigenvalue weighted by Crippen LogP contribution is 2.12. The van der Waals surface area contributed by atoms with E-state index in [0.29, 0.717) is 13.0 Å². The molecule has 1 heterocycles. The molecule has 1 aliphatic heterocycles. The predicted molar refractivity (Wildman–Crippen MR) is 60.0 cm³/mol. The maximum Gasteiger partial charge on any atom is 0.407 e. The van der Waals surface area contributed by atoms with Crippen LogP contribution in [-0.2, 0) is 9.53 Å². The normalized spacial score (nSPS) is 21.9. The molecule has 1 saturated heterocycles. The number of piperidine rings is 1. The first-order valence-electron chi connectivity index (χ1n) is 5.51. The highest BCUT2D eigenvalue weighted by atomic mass is 16.6.